The monoisotopic (exact) mass is 389 g/mol. The molecular weight excluding hydrogens is 366 g/mol. The molecule has 0 bridgehead atoms. The molecule has 144 valence electrons. The Morgan fingerprint density at radius 3 is 2.30 bits per heavy atom. The van der Waals surface area contributed by atoms with Crippen LogP contribution >= 0.6 is 11.8 Å². The number of ether oxygens (including phenoxy) is 2. The van der Waals surface area contributed by atoms with Crippen molar-refractivity contribution in [2.24, 2.45) is 0 Å². The van der Waals surface area contributed by atoms with Crippen LogP contribution < -0.4 is 10.1 Å². The Kier molecular flexibility index (Phi) is 8.00. The summed E-state index contributed by atoms with van der Waals surface area (Å²) < 4.78 is 9.93. The predicted molar refractivity (Wildman–Crippen MR) is 104 cm³/mol. The number of thioether (sulfide) groups is 1. The van der Waals surface area contributed by atoms with E-state index >= 15 is 0 Å². The Morgan fingerprint density at radius 2 is 1.74 bits per heavy atom. The first-order chi connectivity index (χ1) is 13.0. The molecule has 0 saturated carbocycles. The zero-order chi connectivity index (χ0) is 19.6. The van der Waals surface area contributed by atoms with Gasteiger partial charge < -0.3 is 19.9 Å². The molecule has 0 saturated heterocycles. The first kappa shape index (κ1) is 20.6. The second-order valence-corrected chi connectivity index (χ2v) is 7.24. The maximum atomic E-state index is 12.0. The van der Waals surface area contributed by atoms with Gasteiger partial charge in [-0.3, -0.25) is 0 Å². The van der Waals surface area contributed by atoms with Crippen molar-refractivity contribution < 1.29 is 24.2 Å². The highest BCUT2D eigenvalue weighted by molar-refractivity contribution is 8.00. The zero-order valence-corrected chi connectivity index (χ0v) is 16.1. The van der Waals surface area contributed by atoms with Crippen molar-refractivity contribution in [2.45, 2.75) is 29.0 Å². The number of carbonyl (C=O) groups is 2. The topological polar surface area (TPSA) is 84.9 Å². The molecular formula is C20H23NO5S. The fourth-order valence-corrected chi connectivity index (χ4v) is 3.91. The van der Waals surface area contributed by atoms with Crippen LogP contribution in [0.15, 0.2) is 59.5 Å². The van der Waals surface area contributed by atoms with Crippen molar-refractivity contribution in [2.75, 3.05) is 14.2 Å². The minimum absolute atomic E-state index is 0.0308. The molecule has 2 N–H and O–H groups in total. The summed E-state index contributed by atoms with van der Waals surface area (Å²) in [6.07, 6.45) is -0.255. The minimum atomic E-state index is -1.25. The van der Waals surface area contributed by atoms with Gasteiger partial charge in [0, 0.05) is 10.1 Å². The normalized spacial score (nSPS) is 12.7. The van der Waals surface area contributed by atoms with Crippen LogP contribution in [0.25, 0.3) is 0 Å². The molecule has 0 spiro atoms. The van der Waals surface area contributed by atoms with E-state index in [1.807, 2.05) is 54.6 Å². The number of amides is 1. The van der Waals surface area contributed by atoms with Gasteiger partial charge >= 0.3 is 12.1 Å². The molecule has 2 aromatic carbocycles. The van der Waals surface area contributed by atoms with Crippen LogP contribution in [0, 0.1) is 0 Å². The van der Waals surface area contributed by atoms with E-state index in [4.69, 9.17) is 14.6 Å². The van der Waals surface area contributed by atoms with Crippen LogP contribution in [0.4, 0.5) is 4.79 Å². The number of carboxylic acid groups (broad SMARTS) is 1. The van der Waals surface area contributed by atoms with E-state index in [1.54, 1.807) is 18.9 Å². The van der Waals surface area contributed by atoms with E-state index in [-0.39, 0.29) is 5.25 Å². The average molecular weight is 389 g/mol. The highest BCUT2D eigenvalue weighted by atomic mass is 32.2. The molecule has 0 aliphatic carbocycles. The van der Waals surface area contributed by atoms with Gasteiger partial charge in [0.25, 0.3) is 0 Å². The van der Waals surface area contributed by atoms with Gasteiger partial charge in [-0.05, 0) is 42.7 Å². The van der Waals surface area contributed by atoms with Crippen LogP contribution in [0.5, 0.6) is 5.75 Å². The molecule has 1 amide bonds. The minimum Gasteiger partial charge on any atom is -0.497 e. The third-order valence-electron chi connectivity index (χ3n) is 3.95. The Hall–Kier alpha value is -2.67. The molecule has 7 heteroatoms. The van der Waals surface area contributed by atoms with Crippen molar-refractivity contribution in [1.82, 2.24) is 5.32 Å². The Morgan fingerprint density at radius 1 is 1.07 bits per heavy atom. The summed E-state index contributed by atoms with van der Waals surface area (Å²) in [5.41, 5.74) is 1.11. The number of carbonyl (C=O) groups excluding carboxylic acids is 1. The maximum Gasteiger partial charge on any atom is 0.405 e. The number of rotatable bonds is 9. The van der Waals surface area contributed by atoms with E-state index in [0.29, 0.717) is 12.8 Å². The van der Waals surface area contributed by atoms with Gasteiger partial charge in [-0.15, -0.1) is 11.8 Å². The van der Waals surface area contributed by atoms with Gasteiger partial charge in [-0.25, -0.2) is 9.59 Å². The SMILES string of the molecule is COC(=O)C(C[C@@H](Cc1ccccc1)Sc1ccc(OC)cc1)NC(=O)O. The molecule has 1 unspecified atom stereocenters. The number of benzene rings is 2. The Balaban J connectivity index is 2.18. The fraction of sp³-hybridized carbons (Fsp3) is 0.300. The smallest absolute Gasteiger partial charge is 0.405 e. The summed E-state index contributed by atoms with van der Waals surface area (Å²) in [5, 5.41) is 11.3. The third kappa shape index (κ3) is 6.86. The molecule has 2 aromatic rings. The van der Waals surface area contributed by atoms with Crippen molar-refractivity contribution >= 4 is 23.8 Å². The van der Waals surface area contributed by atoms with Crippen LogP contribution in [0.3, 0.4) is 0 Å². The van der Waals surface area contributed by atoms with Crippen LogP contribution in [-0.2, 0) is 16.0 Å². The van der Waals surface area contributed by atoms with Gasteiger partial charge in [0.05, 0.1) is 14.2 Å². The van der Waals surface area contributed by atoms with Crippen molar-refractivity contribution in [3.05, 3.63) is 60.2 Å². The number of nitrogens with one attached hydrogen (secondary N) is 1. The quantitative estimate of drug-likeness (QED) is 0.504. The first-order valence-electron chi connectivity index (χ1n) is 8.43. The molecule has 0 aromatic heterocycles. The Bertz CT molecular complexity index is 736. The highest BCUT2D eigenvalue weighted by Crippen LogP contribution is 2.30. The lowest BCUT2D eigenvalue weighted by Crippen LogP contribution is -2.42. The summed E-state index contributed by atoms with van der Waals surface area (Å²) >= 11 is 1.59. The summed E-state index contributed by atoms with van der Waals surface area (Å²) in [6, 6.07) is 16.6. The van der Waals surface area contributed by atoms with Gasteiger partial charge in [-0.1, -0.05) is 30.3 Å². The molecule has 0 radical (unpaired) electrons. The third-order valence-corrected chi connectivity index (χ3v) is 5.19. The van der Waals surface area contributed by atoms with E-state index < -0.39 is 18.1 Å². The number of methoxy groups -OCH3 is 2. The van der Waals surface area contributed by atoms with E-state index in [2.05, 4.69) is 5.32 Å². The van der Waals surface area contributed by atoms with E-state index in [0.717, 1.165) is 16.2 Å². The van der Waals surface area contributed by atoms with Gasteiger partial charge in [0.15, 0.2) is 0 Å². The second kappa shape index (κ2) is 10.5. The molecule has 6 nitrogen and oxygen atoms in total. The zero-order valence-electron chi connectivity index (χ0n) is 15.3. The number of esters is 1. The first-order valence-corrected chi connectivity index (χ1v) is 9.31. The molecule has 0 aliphatic heterocycles. The summed E-state index contributed by atoms with van der Waals surface area (Å²) in [5.74, 6) is 0.171. The van der Waals surface area contributed by atoms with Crippen LogP contribution in [-0.4, -0.2) is 42.7 Å². The van der Waals surface area contributed by atoms with Gasteiger partial charge in [-0.2, -0.15) is 0 Å². The Labute approximate surface area is 162 Å². The molecule has 0 aliphatic rings. The maximum absolute atomic E-state index is 12.0. The van der Waals surface area contributed by atoms with Crippen LogP contribution in [0.1, 0.15) is 12.0 Å². The molecule has 0 fully saturated rings. The van der Waals surface area contributed by atoms with Crippen molar-refractivity contribution in [1.29, 1.82) is 0 Å². The van der Waals surface area contributed by atoms with E-state index in [1.165, 1.54) is 7.11 Å². The van der Waals surface area contributed by atoms with Crippen LogP contribution in [0.2, 0.25) is 0 Å². The highest BCUT2D eigenvalue weighted by Gasteiger charge is 2.26. The second-order valence-electron chi connectivity index (χ2n) is 5.87. The van der Waals surface area contributed by atoms with Gasteiger partial charge in [0.2, 0.25) is 0 Å². The molecule has 2 atom stereocenters. The van der Waals surface area contributed by atoms with Crippen molar-refractivity contribution in [3.63, 3.8) is 0 Å². The number of hydrogen-bond acceptors (Lipinski definition) is 5. The lowest BCUT2D eigenvalue weighted by molar-refractivity contribution is -0.143. The number of hydrogen-bond donors (Lipinski definition) is 2. The summed E-state index contributed by atoms with van der Waals surface area (Å²) in [6.45, 7) is 0. The molecule has 0 heterocycles. The summed E-state index contributed by atoms with van der Waals surface area (Å²) in [7, 11) is 2.86. The fourth-order valence-electron chi connectivity index (χ4n) is 2.67. The van der Waals surface area contributed by atoms with E-state index in [9.17, 15) is 9.59 Å². The average Bonchev–Trinajstić information content (AvgIpc) is 2.67. The lowest BCUT2D eigenvalue weighted by Gasteiger charge is -2.22. The predicted octanol–water partition coefficient (Wildman–Crippen LogP) is 3.60. The van der Waals surface area contributed by atoms with Gasteiger partial charge in [0.1, 0.15) is 11.8 Å². The van der Waals surface area contributed by atoms with Crippen molar-refractivity contribution in [3.8, 4) is 5.75 Å². The lowest BCUT2D eigenvalue weighted by atomic mass is 10.0. The standard InChI is InChI=1S/C20H23NO5S/c1-25-15-8-10-16(11-9-15)27-17(12-14-6-4-3-5-7-14)13-18(19(22)26-2)21-20(23)24/h3-11,17-18,21H,12-13H2,1-2H3,(H,23,24)/t17-,18?/m1/s1. The largest absolute Gasteiger partial charge is 0.497 e. The summed E-state index contributed by atoms with van der Waals surface area (Å²) in [4.78, 5) is 24.1. The molecule has 27 heavy (non-hydrogen) atoms. The molecule has 2 rings (SSSR count).